The van der Waals surface area contributed by atoms with Gasteiger partial charge >= 0.3 is 5.97 Å². The third-order valence-electron chi connectivity index (χ3n) is 3.29. The predicted molar refractivity (Wildman–Crippen MR) is 64.1 cm³/mol. The molecule has 1 aliphatic heterocycles. The molecule has 3 nitrogen and oxygen atoms in total. The fourth-order valence-corrected chi connectivity index (χ4v) is 2.34. The third kappa shape index (κ3) is 1.66. The molecular formula is C13H17NO2. The molecule has 1 aliphatic rings. The molecule has 0 bridgehead atoms. The van der Waals surface area contributed by atoms with Gasteiger partial charge in [0.25, 0.3) is 0 Å². The first-order valence-corrected chi connectivity index (χ1v) is 5.60. The number of methoxy groups -OCH3 is 1. The summed E-state index contributed by atoms with van der Waals surface area (Å²) in [6.07, 6.45) is 1.13. The summed E-state index contributed by atoms with van der Waals surface area (Å²) < 4.78 is 4.73. The standard InChI is InChI=1S/C13H17NO2/c1-4-9-8-14(2)12-7-10(13(15)16-3)5-6-11(9)12/h5-7,9H,4,8H2,1-3H3. The van der Waals surface area contributed by atoms with E-state index in [0.29, 0.717) is 11.5 Å². The number of likely N-dealkylation sites (N-methyl/N-ethyl adjacent to an activating group) is 1. The highest BCUT2D eigenvalue weighted by Gasteiger charge is 2.25. The molecule has 2 rings (SSSR count). The molecule has 1 aromatic rings. The molecule has 0 N–H and O–H groups in total. The summed E-state index contributed by atoms with van der Waals surface area (Å²) in [4.78, 5) is 13.6. The van der Waals surface area contributed by atoms with Crippen molar-refractivity contribution in [2.45, 2.75) is 19.3 Å². The Morgan fingerprint density at radius 3 is 2.94 bits per heavy atom. The van der Waals surface area contributed by atoms with E-state index in [-0.39, 0.29) is 5.97 Å². The molecule has 0 fully saturated rings. The molecule has 0 radical (unpaired) electrons. The highest BCUT2D eigenvalue weighted by atomic mass is 16.5. The van der Waals surface area contributed by atoms with Gasteiger partial charge in [-0.3, -0.25) is 0 Å². The molecule has 0 saturated heterocycles. The van der Waals surface area contributed by atoms with E-state index >= 15 is 0 Å². The van der Waals surface area contributed by atoms with Crippen LogP contribution in [0.2, 0.25) is 0 Å². The Morgan fingerprint density at radius 1 is 1.56 bits per heavy atom. The van der Waals surface area contributed by atoms with Crippen molar-refractivity contribution in [1.29, 1.82) is 0 Å². The second-order valence-corrected chi connectivity index (χ2v) is 4.25. The normalized spacial score (nSPS) is 18.4. The van der Waals surface area contributed by atoms with Crippen molar-refractivity contribution in [2.24, 2.45) is 0 Å². The van der Waals surface area contributed by atoms with Gasteiger partial charge in [-0.1, -0.05) is 13.0 Å². The van der Waals surface area contributed by atoms with Crippen LogP contribution in [-0.4, -0.2) is 26.7 Å². The molecule has 86 valence electrons. The lowest BCUT2D eigenvalue weighted by Crippen LogP contribution is -2.15. The van der Waals surface area contributed by atoms with Gasteiger partial charge in [-0.15, -0.1) is 0 Å². The van der Waals surface area contributed by atoms with Gasteiger partial charge in [0.2, 0.25) is 0 Å². The largest absolute Gasteiger partial charge is 0.465 e. The van der Waals surface area contributed by atoms with Crippen LogP contribution in [0.5, 0.6) is 0 Å². The van der Waals surface area contributed by atoms with Crippen LogP contribution < -0.4 is 4.90 Å². The molecular weight excluding hydrogens is 202 g/mol. The van der Waals surface area contributed by atoms with E-state index in [4.69, 9.17) is 4.74 Å². The van der Waals surface area contributed by atoms with E-state index in [9.17, 15) is 4.79 Å². The van der Waals surface area contributed by atoms with Crippen LogP contribution in [0.15, 0.2) is 18.2 Å². The van der Waals surface area contributed by atoms with Crippen LogP contribution in [0.4, 0.5) is 5.69 Å². The Hall–Kier alpha value is -1.51. The lowest BCUT2D eigenvalue weighted by molar-refractivity contribution is 0.0601. The molecule has 0 spiro atoms. The third-order valence-corrected chi connectivity index (χ3v) is 3.29. The second-order valence-electron chi connectivity index (χ2n) is 4.25. The first kappa shape index (κ1) is 11.0. The number of hydrogen-bond donors (Lipinski definition) is 0. The Morgan fingerprint density at radius 2 is 2.31 bits per heavy atom. The van der Waals surface area contributed by atoms with Crippen LogP contribution in [0.25, 0.3) is 0 Å². The number of esters is 1. The van der Waals surface area contributed by atoms with Crippen molar-refractivity contribution in [3.8, 4) is 0 Å². The van der Waals surface area contributed by atoms with Gasteiger partial charge in [0.05, 0.1) is 12.7 Å². The summed E-state index contributed by atoms with van der Waals surface area (Å²) in [6.45, 7) is 3.23. The average Bonchev–Trinajstić information content (AvgIpc) is 2.64. The number of carbonyl (C=O) groups is 1. The van der Waals surface area contributed by atoms with Crippen molar-refractivity contribution >= 4 is 11.7 Å². The molecule has 1 aromatic carbocycles. The molecule has 1 heterocycles. The summed E-state index contributed by atoms with van der Waals surface area (Å²) in [6, 6.07) is 5.84. The zero-order valence-electron chi connectivity index (χ0n) is 9.99. The second kappa shape index (κ2) is 4.16. The van der Waals surface area contributed by atoms with Crippen molar-refractivity contribution in [1.82, 2.24) is 0 Å². The average molecular weight is 219 g/mol. The Balaban J connectivity index is 2.40. The van der Waals surface area contributed by atoms with Crippen LogP contribution >= 0.6 is 0 Å². The van der Waals surface area contributed by atoms with Crippen molar-refractivity contribution in [3.05, 3.63) is 29.3 Å². The van der Waals surface area contributed by atoms with Gasteiger partial charge in [0, 0.05) is 25.2 Å². The number of fused-ring (bicyclic) bond motifs is 1. The Kier molecular flexibility index (Phi) is 2.86. The molecule has 0 aliphatic carbocycles. The summed E-state index contributed by atoms with van der Waals surface area (Å²) in [5.74, 6) is 0.322. The topological polar surface area (TPSA) is 29.5 Å². The van der Waals surface area contributed by atoms with Gasteiger partial charge in [0.1, 0.15) is 0 Å². The number of nitrogens with zero attached hydrogens (tertiary/aromatic N) is 1. The van der Waals surface area contributed by atoms with E-state index in [0.717, 1.165) is 18.7 Å². The monoisotopic (exact) mass is 219 g/mol. The molecule has 0 amide bonds. The lowest BCUT2D eigenvalue weighted by atomic mass is 9.98. The summed E-state index contributed by atoms with van der Waals surface area (Å²) >= 11 is 0. The van der Waals surface area contributed by atoms with Gasteiger partial charge in [-0.2, -0.15) is 0 Å². The van der Waals surface area contributed by atoms with E-state index in [1.807, 2.05) is 12.1 Å². The number of carbonyl (C=O) groups excluding carboxylic acids is 1. The molecule has 1 unspecified atom stereocenters. The highest BCUT2D eigenvalue weighted by Crippen LogP contribution is 2.37. The minimum Gasteiger partial charge on any atom is -0.465 e. The maximum atomic E-state index is 11.4. The molecule has 1 atom stereocenters. The Labute approximate surface area is 96.0 Å². The lowest BCUT2D eigenvalue weighted by Gasteiger charge is -2.12. The van der Waals surface area contributed by atoms with Gasteiger partial charge in [-0.25, -0.2) is 4.79 Å². The first-order chi connectivity index (χ1) is 7.67. The number of rotatable bonds is 2. The van der Waals surface area contributed by atoms with Gasteiger partial charge in [-0.05, 0) is 24.1 Å². The summed E-state index contributed by atoms with van der Waals surface area (Å²) in [5, 5.41) is 0. The van der Waals surface area contributed by atoms with Crippen molar-refractivity contribution in [2.75, 3.05) is 25.6 Å². The summed E-state index contributed by atoms with van der Waals surface area (Å²) in [7, 11) is 3.48. The van der Waals surface area contributed by atoms with E-state index in [2.05, 4.69) is 24.9 Å². The minimum atomic E-state index is -0.267. The van der Waals surface area contributed by atoms with Crippen LogP contribution in [0.1, 0.15) is 35.2 Å². The predicted octanol–water partition coefficient (Wildman–Crippen LogP) is 2.42. The SMILES string of the molecule is CCC1CN(C)c2cc(C(=O)OC)ccc21. The summed E-state index contributed by atoms with van der Waals surface area (Å²) in [5.41, 5.74) is 3.14. The van der Waals surface area contributed by atoms with Crippen LogP contribution in [0, 0.1) is 0 Å². The maximum Gasteiger partial charge on any atom is 0.337 e. The van der Waals surface area contributed by atoms with E-state index in [1.54, 1.807) is 0 Å². The van der Waals surface area contributed by atoms with Crippen LogP contribution in [0.3, 0.4) is 0 Å². The number of anilines is 1. The first-order valence-electron chi connectivity index (χ1n) is 5.60. The number of hydrogen-bond acceptors (Lipinski definition) is 3. The number of ether oxygens (including phenoxy) is 1. The zero-order chi connectivity index (χ0) is 11.7. The van der Waals surface area contributed by atoms with E-state index < -0.39 is 0 Å². The fourth-order valence-electron chi connectivity index (χ4n) is 2.34. The van der Waals surface area contributed by atoms with Crippen LogP contribution in [-0.2, 0) is 4.74 Å². The highest BCUT2D eigenvalue weighted by molar-refractivity contribution is 5.91. The van der Waals surface area contributed by atoms with Gasteiger partial charge in [0.15, 0.2) is 0 Å². The molecule has 0 aromatic heterocycles. The number of benzene rings is 1. The fraction of sp³-hybridized carbons (Fsp3) is 0.462. The van der Waals surface area contributed by atoms with Crippen molar-refractivity contribution in [3.63, 3.8) is 0 Å². The smallest absolute Gasteiger partial charge is 0.337 e. The molecule has 0 saturated carbocycles. The van der Waals surface area contributed by atoms with E-state index in [1.165, 1.54) is 12.7 Å². The Bertz CT molecular complexity index is 414. The van der Waals surface area contributed by atoms with Gasteiger partial charge < -0.3 is 9.64 Å². The van der Waals surface area contributed by atoms with Crippen molar-refractivity contribution < 1.29 is 9.53 Å². The quantitative estimate of drug-likeness (QED) is 0.715. The maximum absolute atomic E-state index is 11.4. The molecule has 16 heavy (non-hydrogen) atoms. The zero-order valence-corrected chi connectivity index (χ0v) is 9.99. The minimum absolute atomic E-state index is 0.267. The molecule has 3 heteroatoms.